The molecule has 1 heterocycles. The highest BCUT2D eigenvalue weighted by atomic mass is 16.3. The van der Waals surface area contributed by atoms with Crippen molar-refractivity contribution in [3.05, 3.63) is 54.0 Å². The van der Waals surface area contributed by atoms with Crippen LogP contribution in [0.25, 0.3) is 0 Å². The van der Waals surface area contributed by atoms with Crippen molar-refractivity contribution in [1.82, 2.24) is 5.32 Å². The van der Waals surface area contributed by atoms with E-state index in [0.29, 0.717) is 0 Å². The van der Waals surface area contributed by atoms with Crippen molar-refractivity contribution in [2.75, 3.05) is 5.32 Å². The van der Waals surface area contributed by atoms with Gasteiger partial charge in [-0.25, -0.2) is 4.79 Å². The van der Waals surface area contributed by atoms with Crippen molar-refractivity contribution in [1.29, 1.82) is 0 Å². The van der Waals surface area contributed by atoms with Gasteiger partial charge in [0.25, 0.3) is 0 Å². The van der Waals surface area contributed by atoms with E-state index >= 15 is 0 Å². The molecular formula is C14H16N2O2. The molecule has 0 radical (unpaired) electrons. The fraction of sp³-hybridized carbons (Fsp3) is 0.214. The molecule has 0 saturated carbocycles. The summed E-state index contributed by atoms with van der Waals surface area (Å²) < 4.78 is 5.22. The molecule has 0 aliphatic heterocycles. The van der Waals surface area contributed by atoms with Crippen molar-refractivity contribution < 1.29 is 9.21 Å². The summed E-state index contributed by atoms with van der Waals surface area (Å²) in [6.45, 7) is 3.87. The van der Waals surface area contributed by atoms with E-state index in [1.165, 1.54) is 0 Å². The van der Waals surface area contributed by atoms with Gasteiger partial charge in [-0.15, -0.1) is 0 Å². The maximum Gasteiger partial charge on any atom is 0.319 e. The molecule has 2 rings (SSSR count). The van der Waals surface area contributed by atoms with Gasteiger partial charge < -0.3 is 15.1 Å². The molecule has 0 aliphatic carbocycles. The summed E-state index contributed by atoms with van der Waals surface area (Å²) in [5.74, 6) is 0.731. The first-order chi connectivity index (χ1) is 8.65. The molecule has 2 aromatic rings. The standard InChI is InChI=1S/C14H16N2O2/c1-10-5-7-12(8-6-10)16-14(17)15-11(2)13-4-3-9-18-13/h3-9,11H,1-2H3,(H2,15,16,17). The summed E-state index contributed by atoms with van der Waals surface area (Å²) in [5, 5.41) is 5.57. The van der Waals surface area contributed by atoms with Gasteiger partial charge in [0.1, 0.15) is 5.76 Å². The number of rotatable bonds is 3. The van der Waals surface area contributed by atoms with Crippen LogP contribution < -0.4 is 10.6 Å². The van der Waals surface area contributed by atoms with E-state index in [1.54, 1.807) is 12.3 Å². The highest BCUT2D eigenvalue weighted by Crippen LogP contribution is 2.13. The predicted octanol–water partition coefficient (Wildman–Crippen LogP) is 3.47. The average Bonchev–Trinajstić information content (AvgIpc) is 2.85. The molecule has 1 aromatic carbocycles. The number of anilines is 1. The normalized spacial score (nSPS) is 11.9. The zero-order chi connectivity index (χ0) is 13.0. The summed E-state index contributed by atoms with van der Waals surface area (Å²) >= 11 is 0. The Morgan fingerprint density at radius 3 is 2.56 bits per heavy atom. The first kappa shape index (κ1) is 12.2. The zero-order valence-electron chi connectivity index (χ0n) is 10.4. The average molecular weight is 244 g/mol. The minimum Gasteiger partial charge on any atom is -0.467 e. The molecule has 2 amide bonds. The quantitative estimate of drug-likeness (QED) is 0.868. The number of aryl methyl sites for hydroxylation is 1. The lowest BCUT2D eigenvalue weighted by Gasteiger charge is -2.12. The van der Waals surface area contributed by atoms with Crippen molar-refractivity contribution in [2.24, 2.45) is 0 Å². The lowest BCUT2D eigenvalue weighted by molar-refractivity contribution is 0.247. The Morgan fingerprint density at radius 2 is 1.94 bits per heavy atom. The van der Waals surface area contributed by atoms with Gasteiger partial charge >= 0.3 is 6.03 Å². The van der Waals surface area contributed by atoms with Gasteiger partial charge in [0.05, 0.1) is 12.3 Å². The Kier molecular flexibility index (Phi) is 3.67. The second-order valence-corrected chi connectivity index (χ2v) is 4.20. The molecule has 1 atom stereocenters. The van der Waals surface area contributed by atoms with E-state index in [0.717, 1.165) is 17.0 Å². The van der Waals surface area contributed by atoms with E-state index in [4.69, 9.17) is 4.42 Å². The molecule has 4 heteroatoms. The minimum absolute atomic E-state index is 0.162. The number of urea groups is 1. The molecule has 0 aliphatic rings. The number of carbonyl (C=O) groups excluding carboxylic acids is 1. The van der Waals surface area contributed by atoms with E-state index in [9.17, 15) is 4.79 Å². The van der Waals surface area contributed by atoms with Crippen LogP contribution in [-0.4, -0.2) is 6.03 Å². The van der Waals surface area contributed by atoms with Gasteiger partial charge in [-0.05, 0) is 38.1 Å². The van der Waals surface area contributed by atoms with Crippen molar-refractivity contribution in [3.8, 4) is 0 Å². The van der Waals surface area contributed by atoms with E-state index in [-0.39, 0.29) is 12.1 Å². The minimum atomic E-state index is -0.247. The van der Waals surface area contributed by atoms with E-state index < -0.39 is 0 Å². The third-order valence-electron chi connectivity index (χ3n) is 2.63. The number of amides is 2. The van der Waals surface area contributed by atoms with Crippen LogP contribution in [0.3, 0.4) is 0 Å². The Morgan fingerprint density at radius 1 is 1.22 bits per heavy atom. The molecular weight excluding hydrogens is 228 g/mol. The first-order valence-electron chi connectivity index (χ1n) is 5.83. The molecule has 0 fully saturated rings. The number of hydrogen-bond acceptors (Lipinski definition) is 2. The lowest BCUT2D eigenvalue weighted by atomic mass is 10.2. The number of furan rings is 1. The smallest absolute Gasteiger partial charge is 0.319 e. The van der Waals surface area contributed by atoms with Crippen molar-refractivity contribution in [3.63, 3.8) is 0 Å². The topological polar surface area (TPSA) is 54.3 Å². The third kappa shape index (κ3) is 3.13. The highest BCUT2D eigenvalue weighted by Gasteiger charge is 2.11. The zero-order valence-corrected chi connectivity index (χ0v) is 10.4. The van der Waals surface area contributed by atoms with Crippen LogP contribution in [0, 0.1) is 6.92 Å². The molecule has 0 spiro atoms. The van der Waals surface area contributed by atoms with Crippen LogP contribution in [0.1, 0.15) is 24.3 Å². The molecule has 0 saturated heterocycles. The number of carbonyl (C=O) groups is 1. The van der Waals surface area contributed by atoms with Gasteiger partial charge in [0.2, 0.25) is 0 Å². The lowest BCUT2D eigenvalue weighted by Crippen LogP contribution is -2.30. The molecule has 94 valence electrons. The van der Waals surface area contributed by atoms with Gasteiger partial charge in [-0.2, -0.15) is 0 Å². The maximum atomic E-state index is 11.7. The van der Waals surface area contributed by atoms with Crippen LogP contribution in [0.4, 0.5) is 10.5 Å². The predicted molar refractivity (Wildman–Crippen MR) is 70.5 cm³/mol. The summed E-state index contributed by atoms with van der Waals surface area (Å²) in [6.07, 6.45) is 1.59. The number of hydrogen-bond donors (Lipinski definition) is 2. The van der Waals surface area contributed by atoms with Crippen LogP contribution in [0.15, 0.2) is 47.1 Å². The molecule has 0 bridgehead atoms. The fourth-order valence-electron chi connectivity index (χ4n) is 1.61. The Balaban J connectivity index is 1.91. The number of benzene rings is 1. The van der Waals surface area contributed by atoms with Gasteiger partial charge in [-0.3, -0.25) is 0 Å². The Labute approximate surface area is 106 Å². The van der Waals surface area contributed by atoms with Crippen molar-refractivity contribution in [2.45, 2.75) is 19.9 Å². The SMILES string of the molecule is Cc1ccc(NC(=O)NC(C)c2ccco2)cc1. The summed E-state index contributed by atoms with van der Waals surface area (Å²) in [4.78, 5) is 11.7. The van der Waals surface area contributed by atoms with Gasteiger partial charge in [-0.1, -0.05) is 17.7 Å². The van der Waals surface area contributed by atoms with Crippen LogP contribution in [-0.2, 0) is 0 Å². The van der Waals surface area contributed by atoms with Crippen LogP contribution >= 0.6 is 0 Å². The Bertz CT molecular complexity index is 503. The van der Waals surface area contributed by atoms with E-state index in [2.05, 4.69) is 10.6 Å². The second-order valence-electron chi connectivity index (χ2n) is 4.20. The molecule has 4 nitrogen and oxygen atoms in total. The summed E-state index contributed by atoms with van der Waals surface area (Å²) in [6, 6.07) is 10.9. The van der Waals surface area contributed by atoms with Crippen molar-refractivity contribution >= 4 is 11.7 Å². The molecule has 2 N–H and O–H groups in total. The monoisotopic (exact) mass is 244 g/mol. The summed E-state index contributed by atoms with van der Waals surface area (Å²) in [7, 11) is 0. The maximum absolute atomic E-state index is 11.7. The fourth-order valence-corrected chi connectivity index (χ4v) is 1.61. The highest BCUT2D eigenvalue weighted by molar-refractivity contribution is 5.89. The molecule has 1 unspecified atom stereocenters. The van der Waals surface area contributed by atoms with E-state index in [1.807, 2.05) is 44.2 Å². The number of nitrogens with one attached hydrogen (secondary N) is 2. The third-order valence-corrected chi connectivity index (χ3v) is 2.63. The largest absolute Gasteiger partial charge is 0.467 e. The van der Waals surface area contributed by atoms with Crippen LogP contribution in [0.2, 0.25) is 0 Å². The summed E-state index contributed by atoms with van der Waals surface area (Å²) in [5.41, 5.74) is 1.93. The van der Waals surface area contributed by atoms with Crippen LogP contribution in [0.5, 0.6) is 0 Å². The molecule has 1 aromatic heterocycles. The van der Waals surface area contributed by atoms with Gasteiger partial charge in [0, 0.05) is 5.69 Å². The molecule has 18 heavy (non-hydrogen) atoms. The second kappa shape index (κ2) is 5.40. The first-order valence-corrected chi connectivity index (χ1v) is 5.83. The van der Waals surface area contributed by atoms with Gasteiger partial charge in [0.15, 0.2) is 0 Å². The Hall–Kier alpha value is -2.23.